The number of nitrogens with zero attached hydrogens (tertiary/aromatic N) is 2. The van der Waals surface area contributed by atoms with Crippen LogP contribution in [0.2, 0.25) is 0 Å². The van der Waals surface area contributed by atoms with Crippen LogP contribution in [0, 0.1) is 6.92 Å². The quantitative estimate of drug-likeness (QED) is 0.760. The van der Waals surface area contributed by atoms with Gasteiger partial charge >= 0.3 is 0 Å². The molecule has 0 fully saturated rings. The van der Waals surface area contributed by atoms with Crippen LogP contribution in [0.1, 0.15) is 22.9 Å². The minimum Gasteiger partial charge on any atom is -0.384 e. The number of rotatable bonds is 2. The minimum atomic E-state index is -0.645. The van der Waals surface area contributed by atoms with Gasteiger partial charge in [0.15, 0.2) is 0 Å². The average Bonchev–Trinajstić information content (AvgIpc) is 2.46. The number of aromatic nitrogens is 2. The van der Waals surface area contributed by atoms with Crippen molar-refractivity contribution in [2.45, 2.75) is 13.0 Å². The molecule has 0 saturated carbocycles. The Hall–Kier alpha value is -2.26. The second-order valence-electron chi connectivity index (χ2n) is 4.59. The highest BCUT2D eigenvalue weighted by atomic mass is 16.3. The highest BCUT2D eigenvalue weighted by Gasteiger charge is 2.11. The molecule has 3 aromatic rings. The molecule has 0 aliphatic rings. The van der Waals surface area contributed by atoms with Crippen molar-refractivity contribution in [3.05, 3.63) is 71.7 Å². The molecule has 3 nitrogen and oxygen atoms in total. The van der Waals surface area contributed by atoms with E-state index in [1.807, 2.05) is 49.4 Å². The number of aliphatic hydroxyl groups excluding tert-OH is 1. The van der Waals surface area contributed by atoms with E-state index in [0.717, 1.165) is 27.7 Å². The second kappa shape index (κ2) is 4.78. The Bertz CT molecular complexity index is 725. The van der Waals surface area contributed by atoms with Crippen LogP contribution in [0.25, 0.3) is 10.9 Å². The Balaban J connectivity index is 2.04. The number of benzene rings is 1. The Morgan fingerprint density at radius 1 is 0.947 bits per heavy atom. The first-order valence-electron chi connectivity index (χ1n) is 6.19. The molecule has 3 rings (SSSR count). The summed E-state index contributed by atoms with van der Waals surface area (Å²) >= 11 is 0. The summed E-state index contributed by atoms with van der Waals surface area (Å²) < 4.78 is 0. The lowest BCUT2D eigenvalue weighted by atomic mass is 10.0. The first kappa shape index (κ1) is 11.8. The zero-order chi connectivity index (χ0) is 13.2. The van der Waals surface area contributed by atoms with Gasteiger partial charge in [-0.1, -0.05) is 18.2 Å². The van der Waals surface area contributed by atoms with E-state index in [2.05, 4.69) is 9.97 Å². The van der Waals surface area contributed by atoms with Crippen LogP contribution in [0.3, 0.4) is 0 Å². The molecule has 0 aliphatic carbocycles. The lowest BCUT2D eigenvalue weighted by Gasteiger charge is -2.12. The molecule has 1 N–H and O–H groups in total. The average molecular weight is 250 g/mol. The van der Waals surface area contributed by atoms with Crippen molar-refractivity contribution in [2.24, 2.45) is 0 Å². The predicted octanol–water partition coefficient (Wildman–Crippen LogP) is 3.02. The molecule has 19 heavy (non-hydrogen) atoms. The molecule has 1 unspecified atom stereocenters. The zero-order valence-electron chi connectivity index (χ0n) is 10.6. The molecule has 3 heteroatoms. The van der Waals surface area contributed by atoms with Crippen LogP contribution < -0.4 is 0 Å². The van der Waals surface area contributed by atoms with Gasteiger partial charge in [-0.3, -0.25) is 9.97 Å². The van der Waals surface area contributed by atoms with Crippen LogP contribution in [-0.2, 0) is 0 Å². The summed E-state index contributed by atoms with van der Waals surface area (Å²) in [4.78, 5) is 8.45. The molecular formula is C16H14N2O. The molecule has 1 atom stereocenters. The highest BCUT2D eigenvalue weighted by molar-refractivity contribution is 5.79. The first-order valence-corrected chi connectivity index (χ1v) is 6.19. The highest BCUT2D eigenvalue weighted by Crippen LogP contribution is 2.24. The number of hydrogen-bond acceptors (Lipinski definition) is 3. The molecule has 0 amide bonds. The van der Waals surface area contributed by atoms with Crippen molar-refractivity contribution in [1.82, 2.24) is 9.97 Å². The van der Waals surface area contributed by atoms with Gasteiger partial charge in [0.1, 0.15) is 6.10 Å². The van der Waals surface area contributed by atoms with E-state index in [-0.39, 0.29) is 0 Å². The lowest BCUT2D eigenvalue weighted by Crippen LogP contribution is -2.00. The fourth-order valence-corrected chi connectivity index (χ4v) is 2.18. The van der Waals surface area contributed by atoms with E-state index in [9.17, 15) is 5.11 Å². The van der Waals surface area contributed by atoms with Crippen molar-refractivity contribution in [3.63, 3.8) is 0 Å². The predicted molar refractivity (Wildman–Crippen MR) is 74.8 cm³/mol. The SMILES string of the molecule is Cc1cc(C(O)c2ccc3cccnc3c2)ccn1. The molecule has 0 bridgehead atoms. The maximum atomic E-state index is 10.4. The van der Waals surface area contributed by atoms with Crippen LogP contribution in [0.15, 0.2) is 54.9 Å². The Morgan fingerprint density at radius 3 is 2.63 bits per heavy atom. The number of pyridine rings is 2. The number of aryl methyl sites for hydroxylation is 1. The van der Waals surface area contributed by atoms with Gasteiger partial charge in [-0.25, -0.2) is 0 Å². The molecule has 0 radical (unpaired) electrons. The van der Waals surface area contributed by atoms with Gasteiger partial charge in [-0.2, -0.15) is 0 Å². The normalized spacial score (nSPS) is 12.5. The van der Waals surface area contributed by atoms with Gasteiger partial charge < -0.3 is 5.11 Å². The molecule has 0 aliphatic heterocycles. The van der Waals surface area contributed by atoms with Gasteiger partial charge in [-0.05, 0) is 42.3 Å². The zero-order valence-corrected chi connectivity index (χ0v) is 10.6. The topological polar surface area (TPSA) is 46.0 Å². The molecule has 0 spiro atoms. The molecule has 94 valence electrons. The van der Waals surface area contributed by atoms with Crippen LogP contribution >= 0.6 is 0 Å². The van der Waals surface area contributed by atoms with Gasteiger partial charge in [0.05, 0.1) is 5.52 Å². The minimum absolute atomic E-state index is 0.645. The fraction of sp³-hybridized carbons (Fsp3) is 0.125. The van der Waals surface area contributed by atoms with Crippen LogP contribution in [0.4, 0.5) is 0 Å². The summed E-state index contributed by atoms with van der Waals surface area (Å²) in [5.74, 6) is 0. The van der Waals surface area contributed by atoms with Gasteiger partial charge in [0, 0.05) is 23.5 Å². The lowest BCUT2D eigenvalue weighted by molar-refractivity contribution is 0.220. The summed E-state index contributed by atoms with van der Waals surface area (Å²) in [6, 6.07) is 13.5. The maximum Gasteiger partial charge on any atom is 0.104 e. The number of hydrogen-bond donors (Lipinski definition) is 1. The molecule has 0 saturated heterocycles. The van der Waals surface area contributed by atoms with E-state index in [1.165, 1.54) is 0 Å². The summed E-state index contributed by atoms with van der Waals surface area (Å²) in [7, 11) is 0. The van der Waals surface area contributed by atoms with Crippen LogP contribution in [-0.4, -0.2) is 15.1 Å². The third-order valence-corrected chi connectivity index (χ3v) is 3.18. The Morgan fingerprint density at radius 2 is 1.79 bits per heavy atom. The smallest absolute Gasteiger partial charge is 0.104 e. The second-order valence-corrected chi connectivity index (χ2v) is 4.59. The van der Waals surface area contributed by atoms with Crippen molar-refractivity contribution < 1.29 is 5.11 Å². The van der Waals surface area contributed by atoms with Crippen molar-refractivity contribution in [1.29, 1.82) is 0 Å². The molecule has 1 aromatic carbocycles. The van der Waals surface area contributed by atoms with E-state index in [0.29, 0.717) is 0 Å². The third kappa shape index (κ3) is 2.33. The standard InChI is InChI=1S/C16H14N2O/c1-11-9-14(6-8-17-11)16(19)13-5-4-12-3-2-7-18-15(12)10-13/h2-10,16,19H,1H3. The largest absolute Gasteiger partial charge is 0.384 e. The number of fused-ring (bicyclic) bond motifs is 1. The monoisotopic (exact) mass is 250 g/mol. The van der Waals surface area contributed by atoms with Crippen molar-refractivity contribution >= 4 is 10.9 Å². The van der Waals surface area contributed by atoms with Crippen molar-refractivity contribution in [3.8, 4) is 0 Å². The number of aliphatic hydroxyl groups is 1. The Labute approximate surface area is 111 Å². The van der Waals surface area contributed by atoms with Gasteiger partial charge in [0.25, 0.3) is 0 Å². The summed E-state index contributed by atoms with van der Waals surface area (Å²) in [5, 5.41) is 11.5. The van der Waals surface area contributed by atoms with E-state index >= 15 is 0 Å². The van der Waals surface area contributed by atoms with Gasteiger partial charge in [0.2, 0.25) is 0 Å². The third-order valence-electron chi connectivity index (χ3n) is 3.18. The maximum absolute atomic E-state index is 10.4. The molecular weight excluding hydrogens is 236 g/mol. The van der Waals surface area contributed by atoms with E-state index in [1.54, 1.807) is 12.4 Å². The fourth-order valence-electron chi connectivity index (χ4n) is 2.18. The summed E-state index contributed by atoms with van der Waals surface area (Å²) in [6.45, 7) is 1.91. The van der Waals surface area contributed by atoms with Crippen molar-refractivity contribution in [2.75, 3.05) is 0 Å². The first-order chi connectivity index (χ1) is 9.24. The molecule has 2 heterocycles. The Kier molecular flexibility index (Phi) is 2.97. The van der Waals surface area contributed by atoms with E-state index in [4.69, 9.17) is 0 Å². The van der Waals surface area contributed by atoms with E-state index < -0.39 is 6.10 Å². The van der Waals surface area contributed by atoms with Gasteiger partial charge in [-0.15, -0.1) is 0 Å². The summed E-state index contributed by atoms with van der Waals surface area (Å²) in [5.41, 5.74) is 3.49. The van der Waals surface area contributed by atoms with Crippen LogP contribution in [0.5, 0.6) is 0 Å². The summed E-state index contributed by atoms with van der Waals surface area (Å²) in [6.07, 6.45) is 2.83. The molecule has 2 aromatic heterocycles.